The molecule has 1 atom stereocenters. The van der Waals surface area contributed by atoms with E-state index in [1.807, 2.05) is 0 Å². The molecule has 2 N–H and O–H groups in total. The molecule has 2 fully saturated rings. The van der Waals surface area contributed by atoms with Gasteiger partial charge >= 0.3 is 0 Å². The van der Waals surface area contributed by atoms with Gasteiger partial charge in [0.05, 0.1) is 0 Å². The maximum Gasteiger partial charge on any atom is 0.225 e. The Balaban J connectivity index is 1.71. The summed E-state index contributed by atoms with van der Waals surface area (Å²) in [4.78, 5) is 19.3. The van der Waals surface area contributed by atoms with Gasteiger partial charge in [-0.15, -0.1) is 0 Å². The van der Waals surface area contributed by atoms with E-state index in [1.54, 1.807) is 0 Å². The second kappa shape index (κ2) is 11.4. The number of likely N-dealkylation sites (tertiary alicyclic amines) is 1. The lowest BCUT2D eigenvalue weighted by atomic mass is 10.1. The molecule has 1 unspecified atom stereocenters. The van der Waals surface area contributed by atoms with E-state index in [2.05, 4.69) is 41.3 Å². The Labute approximate surface area is 159 Å². The first-order chi connectivity index (χ1) is 12.6. The number of carbonyl (C=O) groups excluding carboxylic acids is 1. The zero-order chi connectivity index (χ0) is 18.8. The Bertz CT molecular complexity index is 447. The van der Waals surface area contributed by atoms with Gasteiger partial charge < -0.3 is 20.3 Å². The third kappa shape index (κ3) is 7.14. The average Bonchev–Trinajstić information content (AvgIpc) is 3.29. The lowest BCUT2D eigenvalue weighted by Crippen LogP contribution is -2.45. The molecule has 1 aliphatic carbocycles. The lowest BCUT2D eigenvalue weighted by Gasteiger charge is -2.21. The molecule has 1 aliphatic heterocycles. The summed E-state index contributed by atoms with van der Waals surface area (Å²) in [7, 11) is 0. The molecule has 0 aromatic heterocycles. The predicted octanol–water partition coefficient (Wildman–Crippen LogP) is 2.40. The highest BCUT2D eigenvalue weighted by atomic mass is 16.5. The molecule has 0 radical (unpaired) electrons. The highest BCUT2D eigenvalue weighted by Gasteiger charge is 2.32. The Hall–Kier alpha value is -1.30. The lowest BCUT2D eigenvalue weighted by molar-refractivity contribution is -0.134. The molecule has 1 heterocycles. The topological polar surface area (TPSA) is 66.0 Å². The van der Waals surface area contributed by atoms with Crippen LogP contribution >= 0.6 is 0 Å². The molecule has 1 saturated heterocycles. The summed E-state index contributed by atoms with van der Waals surface area (Å²) >= 11 is 0. The van der Waals surface area contributed by atoms with Crippen molar-refractivity contribution in [1.82, 2.24) is 15.5 Å². The molecule has 0 aromatic carbocycles. The number of hydrogen-bond donors (Lipinski definition) is 2. The fourth-order valence-corrected chi connectivity index (χ4v) is 3.70. The maximum atomic E-state index is 12.6. The van der Waals surface area contributed by atoms with E-state index in [0.717, 1.165) is 71.0 Å². The molecular formula is C20H38N4O2. The number of aliphatic imine (C=N–C) groups is 1. The quantitative estimate of drug-likeness (QED) is 0.374. The van der Waals surface area contributed by atoms with Crippen LogP contribution in [0, 0.1) is 11.8 Å². The van der Waals surface area contributed by atoms with Crippen molar-refractivity contribution >= 4 is 11.9 Å². The van der Waals surface area contributed by atoms with E-state index in [9.17, 15) is 4.79 Å². The number of ether oxygens (including phenoxy) is 1. The summed E-state index contributed by atoms with van der Waals surface area (Å²) < 4.78 is 5.61. The molecule has 6 nitrogen and oxygen atoms in total. The Kier molecular flexibility index (Phi) is 9.23. The Morgan fingerprint density at radius 2 is 2.04 bits per heavy atom. The molecule has 2 aliphatic rings. The minimum absolute atomic E-state index is 0.279. The maximum absolute atomic E-state index is 12.6. The van der Waals surface area contributed by atoms with Crippen molar-refractivity contribution in [3.63, 3.8) is 0 Å². The number of carbonyl (C=O) groups is 1. The fourth-order valence-electron chi connectivity index (χ4n) is 3.70. The van der Waals surface area contributed by atoms with Gasteiger partial charge in [0.25, 0.3) is 0 Å². The molecule has 0 aromatic rings. The number of nitrogens with one attached hydrogen (secondary N) is 2. The van der Waals surface area contributed by atoms with Crippen molar-refractivity contribution in [2.45, 2.75) is 65.3 Å². The van der Waals surface area contributed by atoms with Crippen molar-refractivity contribution in [2.75, 3.05) is 39.4 Å². The highest BCUT2D eigenvalue weighted by molar-refractivity contribution is 5.81. The Morgan fingerprint density at radius 3 is 2.73 bits per heavy atom. The van der Waals surface area contributed by atoms with Gasteiger partial charge in [0.15, 0.2) is 5.96 Å². The van der Waals surface area contributed by atoms with Crippen LogP contribution in [0.25, 0.3) is 0 Å². The summed E-state index contributed by atoms with van der Waals surface area (Å²) in [6, 6.07) is 0.301. The average molecular weight is 367 g/mol. The third-order valence-corrected chi connectivity index (χ3v) is 5.06. The molecular weight excluding hydrogens is 328 g/mol. The van der Waals surface area contributed by atoms with Crippen LogP contribution in [0.2, 0.25) is 0 Å². The van der Waals surface area contributed by atoms with Crippen LogP contribution in [0.1, 0.15) is 59.3 Å². The van der Waals surface area contributed by atoms with Crippen LogP contribution in [-0.4, -0.2) is 62.2 Å². The van der Waals surface area contributed by atoms with Crippen molar-refractivity contribution in [2.24, 2.45) is 16.8 Å². The molecule has 6 heteroatoms. The molecule has 0 spiro atoms. The largest absolute Gasteiger partial charge is 0.381 e. The second-order valence-electron chi connectivity index (χ2n) is 7.98. The highest BCUT2D eigenvalue weighted by Crippen LogP contribution is 2.27. The standard InChI is InChI=1S/C20H38N4O2/c1-4-21-20(22-11-7-13-26-15-16(2)3)23-18-10-12-24(14-18)19(25)17-8-5-6-9-17/h16-18H,4-15H2,1-3H3,(H2,21,22,23). The number of amides is 1. The SMILES string of the molecule is CCNC(=NCCCOCC(C)C)NC1CCN(C(=O)C2CCCC2)C1. The number of nitrogens with zero attached hydrogens (tertiary/aromatic N) is 2. The Morgan fingerprint density at radius 1 is 1.27 bits per heavy atom. The zero-order valence-electron chi connectivity index (χ0n) is 16.9. The number of guanidine groups is 1. The van der Waals surface area contributed by atoms with Crippen molar-refractivity contribution in [3.05, 3.63) is 0 Å². The van der Waals surface area contributed by atoms with Crippen LogP contribution in [0.5, 0.6) is 0 Å². The van der Waals surface area contributed by atoms with E-state index < -0.39 is 0 Å². The predicted molar refractivity (Wildman–Crippen MR) is 106 cm³/mol. The number of hydrogen-bond acceptors (Lipinski definition) is 3. The van der Waals surface area contributed by atoms with E-state index >= 15 is 0 Å². The zero-order valence-corrected chi connectivity index (χ0v) is 16.9. The van der Waals surface area contributed by atoms with E-state index in [4.69, 9.17) is 4.74 Å². The fraction of sp³-hybridized carbons (Fsp3) is 0.900. The monoisotopic (exact) mass is 366 g/mol. The molecule has 1 saturated carbocycles. The number of rotatable bonds is 9. The van der Waals surface area contributed by atoms with Gasteiger partial charge in [-0.3, -0.25) is 9.79 Å². The molecule has 150 valence electrons. The van der Waals surface area contributed by atoms with Gasteiger partial charge in [0, 0.05) is 51.4 Å². The van der Waals surface area contributed by atoms with Crippen LogP contribution in [0.4, 0.5) is 0 Å². The van der Waals surface area contributed by atoms with Gasteiger partial charge in [0.1, 0.15) is 0 Å². The van der Waals surface area contributed by atoms with E-state index in [-0.39, 0.29) is 5.92 Å². The van der Waals surface area contributed by atoms with Crippen LogP contribution in [-0.2, 0) is 9.53 Å². The summed E-state index contributed by atoms with van der Waals surface area (Å²) in [6.07, 6.45) is 6.52. The first-order valence-corrected chi connectivity index (χ1v) is 10.5. The van der Waals surface area contributed by atoms with E-state index in [1.165, 1.54) is 12.8 Å². The summed E-state index contributed by atoms with van der Waals surface area (Å²) in [5.74, 6) is 2.09. The van der Waals surface area contributed by atoms with E-state index in [0.29, 0.717) is 17.9 Å². The van der Waals surface area contributed by atoms with Crippen molar-refractivity contribution in [3.8, 4) is 0 Å². The van der Waals surface area contributed by atoms with Crippen LogP contribution in [0.15, 0.2) is 4.99 Å². The first-order valence-electron chi connectivity index (χ1n) is 10.5. The molecule has 2 rings (SSSR count). The normalized spacial score (nSPS) is 21.6. The molecule has 26 heavy (non-hydrogen) atoms. The smallest absolute Gasteiger partial charge is 0.225 e. The van der Waals surface area contributed by atoms with Crippen LogP contribution in [0.3, 0.4) is 0 Å². The van der Waals surface area contributed by atoms with Crippen LogP contribution < -0.4 is 10.6 Å². The van der Waals surface area contributed by atoms with Gasteiger partial charge in [-0.25, -0.2) is 0 Å². The van der Waals surface area contributed by atoms with Crippen molar-refractivity contribution < 1.29 is 9.53 Å². The van der Waals surface area contributed by atoms with Gasteiger partial charge in [-0.05, 0) is 38.5 Å². The van der Waals surface area contributed by atoms with Gasteiger partial charge in [0.2, 0.25) is 5.91 Å². The minimum atomic E-state index is 0.279. The van der Waals surface area contributed by atoms with Gasteiger partial charge in [-0.2, -0.15) is 0 Å². The molecule has 0 bridgehead atoms. The first kappa shape index (κ1) is 21.0. The van der Waals surface area contributed by atoms with Crippen molar-refractivity contribution in [1.29, 1.82) is 0 Å². The summed E-state index contributed by atoms with van der Waals surface area (Å²) in [5, 5.41) is 6.82. The summed E-state index contributed by atoms with van der Waals surface area (Å²) in [6.45, 7) is 11.2. The third-order valence-electron chi connectivity index (χ3n) is 5.06. The molecule has 1 amide bonds. The minimum Gasteiger partial charge on any atom is -0.381 e. The summed E-state index contributed by atoms with van der Waals surface area (Å²) in [5.41, 5.74) is 0. The second-order valence-corrected chi connectivity index (χ2v) is 7.98. The van der Waals surface area contributed by atoms with Gasteiger partial charge in [-0.1, -0.05) is 26.7 Å².